The number of rotatable bonds is 8. The second kappa shape index (κ2) is 7.99. The van der Waals surface area contributed by atoms with Crippen molar-refractivity contribution < 1.29 is 19.4 Å². The molecule has 0 atom stereocenters. The monoisotopic (exact) mass is 287 g/mol. The normalized spacial score (nSPS) is 10.5. The number of hydrogen-bond acceptors (Lipinski definition) is 4. The maximum absolute atomic E-state index is 11.3. The van der Waals surface area contributed by atoms with Crippen LogP contribution in [0.3, 0.4) is 0 Å². The third-order valence-corrected chi connectivity index (χ3v) is 2.97. The standard InChI is InChI=1S/C13H18ClNO4/c1-18-8-6-15(7-9-19-2)12-10(13(16)17)4-3-5-11(12)14/h3-5H,6-9H2,1-2H3,(H,16,17). The number of ether oxygens (including phenoxy) is 2. The Labute approximate surface area is 117 Å². The first-order valence-corrected chi connectivity index (χ1v) is 6.24. The van der Waals surface area contributed by atoms with Gasteiger partial charge >= 0.3 is 5.97 Å². The van der Waals surface area contributed by atoms with Gasteiger partial charge in [0.15, 0.2) is 0 Å². The molecule has 0 saturated heterocycles. The summed E-state index contributed by atoms with van der Waals surface area (Å²) in [5, 5.41) is 9.65. The second-order valence-corrected chi connectivity index (χ2v) is 4.32. The summed E-state index contributed by atoms with van der Waals surface area (Å²) in [5.74, 6) is -1.00. The van der Waals surface area contributed by atoms with Crippen LogP contribution >= 0.6 is 11.6 Å². The Morgan fingerprint density at radius 3 is 2.32 bits per heavy atom. The lowest BCUT2D eigenvalue weighted by atomic mass is 10.1. The van der Waals surface area contributed by atoms with Crippen LogP contribution in [0.25, 0.3) is 0 Å². The lowest BCUT2D eigenvalue weighted by Gasteiger charge is -2.26. The summed E-state index contributed by atoms with van der Waals surface area (Å²) in [4.78, 5) is 13.1. The first kappa shape index (κ1) is 15.8. The minimum Gasteiger partial charge on any atom is -0.478 e. The van der Waals surface area contributed by atoms with Gasteiger partial charge in [0.25, 0.3) is 0 Å². The highest BCUT2D eigenvalue weighted by Crippen LogP contribution is 2.29. The molecule has 0 fully saturated rings. The van der Waals surface area contributed by atoms with Gasteiger partial charge in [0, 0.05) is 27.3 Å². The Balaban J connectivity index is 3.08. The Bertz CT molecular complexity index is 417. The number of aromatic carboxylic acids is 1. The molecule has 0 radical (unpaired) electrons. The smallest absolute Gasteiger partial charge is 0.337 e. The van der Waals surface area contributed by atoms with Gasteiger partial charge in [-0.05, 0) is 12.1 Å². The first-order valence-electron chi connectivity index (χ1n) is 5.86. The van der Waals surface area contributed by atoms with E-state index in [4.69, 9.17) is 21.1 Å². The molecule has 0 heterocycles. The van der Waals surface area contributed by atoms with Crippen LogP contribution in [0.5, 0.6) is 0 Å². The Morgan fingerprint density at radius 2 is 1.84 bits per heavy atom. The van der Waals surface area contributed by atoms with E-state index in [2.05, 4.69) is 0 Å². The van der Waals surface area contributed by atoms with E-state index in [0.29, 0.717) is 37.0 Å². The van der Waals surface area contributed by atoms with Gasteiger partial charge in [-0.2, -0.15) is 0 Å². The second-order valence-electron chi connectivity index (χ2n) is 3.91. The molecule has 0 aliphatic rings. The summed E-state index contributed by atoms with van der Waals surface area (Å²) >= 11 is 6.14. The molecule has 0 aliphatic heterocycles. The van der Waals surface area contributed by atoms with E-state index in [1.807, 2.05) is 4.90 Å². The number of carbonyl (C=O) groups is 1. The van der Waals surface area contributed by atoms with Crippen molar-refractivity contribution >= 4 is 23.3 Å². The third kappa shape index (κ3) is 4.38. The summed E-state index contributed by atoms with van der Waals surface area (Å²) in [6, 6.07) is 4.84. The summed E-state index contributed by atoms with van der Waals surface area (Å²) < 4.78 is 10.1. The zero-order chi connectivity index (χ0) is 14.3. The molecule has 1 N–H and O–H groups in total. The van der Waals surface area contributed by atoms with Gasteiger partial charge < -0.3 is 19.5 Å². The number of anilines is 1. The van der Waals surface area contributed by atoms with E-state index < -0.39 is 5.97 Å². The van der Waals surface area contributed by atoms with Gasteiger partial charge in [-0.25, -0.2) is 4.79 Å². The van der Waals surface area contributed by atoms with Crippen molar-refractivity contribution in [2.75, 3.05) is 45.4 Å². The van der Waals surface area contributed by atoms with Gasteiger partial charge in [-0.15, -0.1) is 0 Å². The minimum absolute atomic E-state index is 0.180. The van der Waals surface area contributed by atoms with E-state index in [0.717, 1.165) is 0 Å². The summed E-state index contributed by atoms with van der Waals surface area (Å²) in [5.41, 5.74) is 0.686. The highest BCUT2D eigenvalue weighted by molar-refractivity contribution is 6.34. The van der Waals surface area contributed by atoms with E-state index in [1.165, 1.54) is 6.07 Å². The average Bonchev–Trinajstić information content (AvgIpc) is 2.39. The summed E-state index contributed by atoms with van der Waals surface area (Å²) in [6.45, 7) is 2.05. The number of carboxylic acid groups (broad SMARTS) is 1. The molecule has 0 saturated carbocycles. The quantitative estimate of drug-likeness (QED) is 0.794. The fraction of sp³-hybridized carbons (Fsp3) is 0.462. The third-order valence-electron chi connectivity index (χ3n) is 2.66. The Kier molecular flexibility index (Phi) is 6.62. The number of benzene rings is 1. The molecule has 5 nitrogen and oxygen atoms in total. The van der Waals surface area contributed by atoms with Crippen molar-refractivity contribution in [2.24, 2.45) is 0 Å². The number of nitrogens with zero attached hydrogens (tertiary/aromatic N) is 1. The van der Waals surface area contributed by atoms with Gasteiger partial charge in [0.1, 0.15) is 0 Å². The van der Waals surface area contributed by atoms with Crippen LogP contribution in [0.1, 0.15) is 10.4 Å². The van der Waals surface area contributed by atoms with E-state index in [9.17, 15) is 9.90 Å². The zero-order valence-corrected chi connectivity index (χ0v) is 11.8. The van der Waals surface area contributed by atoms with Crippen LogP contribution in [-0.4, -0.2) is 51.6 Å². The summed E-state index contributed by atoms with van der Waals surface area (Å²) in [7, 11) is 3.19. The van der Waals surface area contributed by atoms with Crippen molar-refractivity contribution in [3.8, 4) is 0 Å². The van der Waals surface area contributed by atoms with Crippen molar-refractivity contribution in [1.29, 1.82) is 0 Å². The molecule has 19 heavy (non-hydrogen) atoms. The number of hydrogen-bond donors (Lipinski definition) is 1. The first-order chi connectivity index (χ1) is 9.11. The molecule has 0 aliphatic carbocycles. The van der Waals surface area contributed by atoms with E-state index in [-0.39, 0.29) is 5.56 Å². The molecule has 1 aromatic rings. The number of halogens is 1. The molecule has 0 amide bonds. The van der Waals surface area contributed by atoms with E-state index in [1.54, 1.807) is 26.4 Å². The SMILES string of the molecule is COCCN(CCOC)c1c(Cl)cccc1C(=O)O. The highest BCUT2D eigenvalue weighted by atomic mass is 35.5. The van der Waals surface area contributed by atoms with Crippen LogP contribution in [0.2, 0.25) is 5.02 Å². The molecular formula is C13H18ClNO4. The molecule has 0 bridgehead atoms. The predicted molar refractivity (Wildman–Crippen MR) is 74.4 cm³/mol. The highest BCUT2D eigenvalue weighted by Gasteiger charge is 2.18. The number of methoxy groups -OCH3 is 2. The number of carboxylic acids is 1. The van der Waals surface area contributed by atoms with Crippen molar-refractivity contribution in [1.82, 2.24) is 0 Å². The average molecular weight is 288 g/mol. The maximum Gasteiger partial charge on any atom is 0.337 e. The Morgan fingerprint density at radius 1 is 1.26 bits per heavy atom. The maximum atomic E-state index is 11.3. The molecule has 6 heteroatoms. The van der Waals surface area contributed by atoms with Crippen molar-refractivity contribution in [3.05, 3.63) is 28.8 Å². The van der Waals surface area contributed by atoms with Crippen LogP contribution in [0, 0.1) is 0 Å². The van der Waals surface area contributed by atoms with Crippen LogP contribution < -0.4 is 4.90 Å². The van der Waals surface area contributed by atoms with Crippen molar-refractivity contribution in [3.63, 3.8) is 0 Å². The zero-order valence-electron chi connectivity index (χ0n) is 11.1. The molecule has 0 aromatic heterocycles. The topological polar surface area (TPSA) is 59.0 Å². The van der Waals surface area contributed by atoms with Crippen LogP contribution in [-0.2, 0) is 9.47 Å². The predicted octanol–water partition coefficient (Wildman–Crippen LogP) is 2.14. The molecule has 1 aromatic carbocycles. The van der Waals surface area contributed by atoms with Crippen LogP contribution in [0.15, 0.2) is 18.2 Å². The number of para-hydroxylation sites is 1. The Hall–Kier alpha value is -1.30. The van der Waals surface area contributed by atoms with Gasteiger partial charge in [0.2, 0.25) is 0 Å². The fourth-order valence-corrected chi connectivity index (χ4v) is 2.04. The largest absolute Gasteiger partial charge is 0.478 e. The lowest BCUT2D eigenvalue weighted by molar-refractivity contribution is 0.0697. The minimum atomic E-state index is -1.00. The molecule has 1 rings (SSSR count). The molecule has 106 valence electrons. The van der Waals surface area contributed by atoms with E-state index >= 15 is 0 Å². The van der Waals surface area contributed by atoms with Gasteiger partial charge in [-0.3, -0.25) is 0 Å². The van der Waals surface area contributed by atoms with Gasteiger partial charge in [0.05, 0.1) is 29.5 Å². The lowest BCUT2D eigenvalue weighted by Crippen LogP contribution is -2.32. The molecular weight excluding hydrogens is 270 g/mol. The van der Waals surface area contributed by atoms with Gasteiger partial charge in [-0.1, -0.05) is 17.7 Å². The van der Waals surface area contributed by atoms with Crippen LogP contribution in [0.4, 0.5) is 5.69 Å². The van der Waals surface area contributed by atoms with Crippen molar-refractivity contribution in [2.45, 2.75) is 0 Å². The fourth-order valence-electron chi connectivity index (χ4n) is 1.75. The summed E-state index contributed by atoms with van der Waals surface area (Å²) in [6.07, 6.45) is 0. The molecule has 0 spiro atoms. The molecule has 0 unspecified atom stereocenters.